The molecule has 0 spiro atoms. The molecule has 1 N–H and O–H groups in total. The number of hydrogen-bond donors (Lipinski definition) is 1. The number of nitrogens with one attached hydrogen (secondary N) is 1. The van der Waals surface area contributed by atoms with Crippen molar-refractivity contribution in [3.63, 3.8) is 0 Å². The van der Waals surface area contributed by atoms with Crippen LogP contribution in [0.3, 0.4) is 0 Å². The number of carbonyl (C=O) groups is 1. The van der Waals surface area contributed by atoms with Crippen molar-refractivity contribution in [2.75, 3.05) is 26.7 Å². The Morgan fingerprint density at radius 2 is 1.76 bits per heavy atom. The van der Waals surface area contributed by atoms with E-state index in [-0.39, 0.29) is 12.5 Å². The first-order chi connectivity index (χ1) is 12.3. The molecule has 0 saturated carbocycles. The predicted octanol–water partition coefficient (Wildman–Crippen LogP) is 2.87. The Bertz CT molecular complexity index is 679. The van der Waals surface area contributed by atoms with Crippen LogP contribution in [0.2, 0.25) is 0 Å². The van der Waals surface area contributed by atoms with Crippen molar-refractivity contribution in [1.82, 2.24) is 10.2 Å². The van der Waals surface area contributed by atoms with E-state index in [0.29, 0.717) is 6.04 Å². The SMILES string of the molecule is CNC1CCN(C(=O)COc2ccccc2Cc2ccccc2)CC1. The van der Waals surface area contributed by atoms with Crippen LogP contribution in [0.25, 0.3) is 0 Å². The van der Waals surface area contributed by atoms with Gasteiger partial charge in [0.15, 0.2) is 6.61 Å². The highest BCUT2D eigenvalue weighted by Crippen LogP contribution is 2.21. The van der Waals surface area contributed by atoms with Gasteiger partial charge in [-0.3, -0.25) is 4.79 Å². The summed E-state index contributed by atoms with van der Waals surface area (Å²) < 4.78 is 5.87. The molecule has 132 valence electrons. The van der Waals surface area contributed by atoms with E-state index in [0.717, 1.165) is 43.7 Å². The Morgan fingerprint density at radius 1 is 1.08 bits per heavy atom. The van der Waals surface area contributed by atoms with Crippen LogP contribution in [0.4, 0.5) is 0 Å². The van der Waals surface area contributed by atoms with Crippen molar-refractivity contribution < 1.29 is 9.53 Å². The maximum atomic E-state index is 12.4. The summed E-state index contributed by atoms with van der Waals surface area (Å²) >= 11 is 0. The van der Waals surface area contributed by atoms with Gasteiger partial charge in [0.05, 0.1) is 0 Å². The van der Waals surface area contributed by atoms with Gasteiger partial charge in [0, 0.05) is 25.6 Å². The Kier molecular flexibility index (Phi) is 6.07. The van der Waals surface area contributed by atoms with Crippen LogP contribution in [0.15, 0.2) is 54.6 Å². The quantitative estimate of drug-likeness (QED) is 0.881. The van der Waals surface area contributed by atoms with Crippen LogP contribution in [-0.4, -0.2) is 43.6 Å². The second-order valence-corrected chi connectivity index (χ2v) is 6.50. The summed E-state index contributed by atoms with van der Waals surface area (Å²) in [6.07, 6.45) is 2.82. The average Bonchev–Trinajstić information content (AvgIpc) is 2.68. The molecule has 1 fully saturated rings. The molecular formula is C21H26N2O2. The zero-order chi connectivity index (χ0) is 17.5. The second kappa shape index (κ2) is 8.67. The maximum absolute atomic E-state index is 12.4. The maximum Gasteiger partial charge on any atom is 0.260 e. The molecule has 1 amide bonds. The highest BCUT2D eigenvalue weighted by Gasteiger charge is 2.22. The molecule has 4 nitrogen and oxygen atoms in total. The van der Waals surface area contributed by atoms with E-state index in [1.54, 1.807) is 0 Å². The van der Waals surface area contributed by atoms with Gasteiger partial charge in [-0.1, -0.05) is 48.5 Å². The van der Waals surface area contributed by atoms with Gasteiger partial charge in [-0.2, -0.15) is 0 Å². The van der Waals surface area contributed by atoms with Gasteiger partial charge in [0.1, 0.15) is 5.75 Å². The number of para-hydroxylation sites is 1. The highest BCUT2D eigenvalue weighted by atomic mass is 16.5. The topological polar surface area (TPSA) is 41.6 Å². The molecule has 0 unspecified atom stereocenters. The lowest BCUT2D eigenvalue weighted by Crippen LogP contribution is -2.45. The Morgan fingerprint density at radius 3 is 2.48 bits per heavy atom. The van der Waals surface area contributed by atoms with Crippen molar-refractivity contribution in [2.45, 2.75) is 25.3 Å². The van der Waals surface area contributed by atoms with Crippen LogP contribution < -0.4 is 10.1 Å². The van der Waals surface area contributed by atoms with E-state index in [1.165, 1.54) is 5.56 Å². The summed E-state index contributed by atoms with van der Waals surface area (Å²) in [5.41, 5.74) is 2.34. The van der Waals surface area contributed by atoms with Crippen molar-refractivity contribution in [3.05, 3.63) is 65.7 Å². The minimum atomic E-state index is 0.0732. The lowest BCUT2D eigenvalue weighted by Gasteiger charge is -2.31. The summed E-state index contributed by atoms with van der Waals surface area (Å²) in [5.74, 6) is 0.869. The third-order valence-corrected chi connectivity index (χ3v) is 4.82. The molecule has 0 bridgehead atoms. The van der Waals surface area contributed by atoms with Crippen LogP contribution >= 0.6 is 0 Å². The third kappa shape index (κ3) is 4.83. The smallest absolute Gasteiger partial charge is 0.260 e. The number of hydrogen-bond acceptors (Lipinski definition) is 3. The number of likely N-dealkylation sites (tertiary alicyclic amines) is 1. The zero-order valence-corrected chi connectivity index (χ0v) is 14.8. The fourth-order valence-electron chi connectivity index (χ4n) is 3.25. The second-order valence-electron chi connectivity index (χ2n) is 6.50. The predicted molar refractivity (Wildman–Crippen MR) is 99.8 cm³/mol. The summed E-state index contributed by atoms with van der Waals surface area (Å²) in [7, 11) is 1.98. The number of nitrogens with zero attached hydrogens (tertiary/aromatic N) is 1. The Balaban J connectivity index is 1.57. The van der Waals surface area contributed by atoms with Crippen LogP contribution in [0.1, 0.15) is 24.0 Å². The van der Waals surface area contributed by atoms with Gasteiger partial charge in [-0.25, -0.2) is 0 Å². The van der Waals surface area contributed by atoms with Crippen molar-refractivity contribution in [2.24, 2.45) is 0 Å². The molecule has 0 aromatic heterocycles. The number of amides is 1. The van der Waals surface area contributed by atoms with Gasteiger partial charge in [0.2, 0.25) is 0 Å². The fourth-order valence-corrected chi connectivity index (χ4v) is 3.25. The standard InChI is InChI=1S/C21H26N2O2/c1-22-19-11-13-23(14-12-19)21(24)16-25-20-10-6-5-9-18(20)15-17-7-3-2-4-8-17/h2-10,19,22H,11-16H2,1H3. The molecule has 25 heavy (non-hydrogen) atoms. The molecule has 0 aliphatic carbocycles. The molecular weight excluding hydrogens is 312 g/mol. The summed E-state index contributed by atoms with van der Waals surface area (Å²) in [6.45, 7) is 1.72. The van der Waals surface area contributed by atoms with E-state index in [4.69, 9.17) is 4.74 Å². The third-order valence-electron chi connectivity index (χ3n) is 4.82. The summed E-state index contributed by atoms with van der Waals surface area (Å²) in [5, 5.41) is 3.28. The van der Waals surface area contributed by atoms with E-state index < -0.39 is 0 Å². The summed E-state index contributed by atoms with van der Waals surface area (Å²) in [4.78, 5) is 14.3. The van der Waals surface area contributed by atoms with Crippen LogP contribution in [-0.2, 0) is 11.2 Å². The molecule has 4 heteroatoms. The van der Waals surface area contributed by atoms with E-state index in [2.05, 4.69) is 23.5 Å². The van der Waals surface area contributed by atoms with Crippen molar-refractivity contribution >= 4 is 5.91 Å². The molecule has 2 aromatic carbocycles. The number of carbonyl (C=O) groups excluding carboxylic acids is 1. The fraction of sp³-hybridized carbons (Fsp3) is 0.381. The molecule has 0 atom stereocenters. The normalized spacial score (nSPS) is 15.2. The first-order valence-corrected chi connectivity index (χ1v) is 8.96. The highest BCUT2D eigenvalue weighted by molar-refractivity contribution is 5.77. The van der Waals surface area contributed by atoms with Gasteiger partial charge in [-0.15, -0.1) is 0 Å². The summed E-state index contributed by atoms with van der Waals surface area (Å²) in [6, 6.07) is 18.8. The first kappa shape index (κ1) is 17.5. The number of ether oxygens (including phenoxy) is 1. The number of benzene rings is 2. The zero-order valence-electron chi connectivity index (χ0n) is 14.8. The number of rotatable bonds is 6. The van der Waals surface area contributed by atoms with E-state index in [9.17, 15) is 4.79 Å². The van der Waals surface area contributed by atoms with Gasteiger partial charge < -0.3 is 15.0 Å². The minimum Gasteiger partial charge on any atom is -0.483 e. The van der Waals surface area contributed by atoms with Crippen molar-refractivity contribution in [1.29, 1.82) is 0 Å². The Labute approximate surface area is 149 Å². The lowest BCUT2D eigenvalue weighted by molar-refractivity contribution is -0.134. The molecule has 0 radical (unpaired) electrons. The molecule has 1 aliphatic rings. The van der Waals surface area contributed by atoms with Gasteiger partial charge in [0.25, 0.3) is 5.91 Å². The van der Waals surface area contributed by atoms with Gasteiger partial charge in [-0.05, 0) is 37.1 Å². The monoisotopic (exact) mass is 338 g/mol. The molecule has 1 aliphatic heterocycles. The Hall–Kier alpha value is -2.33. The number of piperidine rings is 1. The average molecular weight is 338 g/mol. The largest absolute Gasteiger partial charge is 0.483 e. The van der Waals surface area contributed by atoms with E-state index in [1.807, 2.05) is 48.3 Å². The van der Waals surface area contributed by atoms with E-state index >= 15 is 0 Å². The molecule has 3 rings (SSSR count). The minimum absolute atomic E-state index is 0.0732. The molecule has 2 aromatic rings. The van der Waals surface area contributed by atoms with Crippen molar-refractivity contribution in [3.8, 4) is 5.75 Å². The first-order valence-electron chi connectivity index (χ1n) is 8.96. The van der Waals surface area contributed by atoms with Gasteiger partial charge >= 0.3 is 0 Å². The van der Waals surface area contributed by atoms with Crippen LogP contribution in [0.5, 0.6) is 5.75 Å². The lowest BCUT2D eigenvalue weighted by atomic mass is 10.0. The van der Waals surface area contributed by atoms with Crippen LogP contribution in [0, 0.1) is 0 Å². The molecule has 1 heterocycles. The molecule has 1 saturated heterocycles.